The average Bonchev–Trinajstić information content (AvgIpc) is 2.84. The summed E-state index contributed by atoms with van der Waals surface area (Å²) in [6, 6.07) is 0. The Balaban J connectivity index is 1.39. The van der Waals surface area contributed by atoms with Gasteiger partial charge in [0.15, 0.2) is 0 Å². The predicted octanol–water partition coefficient (Wildman–Crippen LogP) is 3.45. The molecule has 4 heteroatoms. The molecule has 0 spiro atoms. The molecule has 0 aromatic carbocycles. The Hall–Kier alpha value is -1.06. The van der Waals surface area contributed by atoms with Gasteiger partial charge in [-0.2, -0.15) is 0 Å². The van der Waals surface area contributed by atoms with Crippen LogP contribution in [0.4, 0.5) is 0 Å². The first-order valence-electron chi connectivity index (χ1n) is 10.7. The van der Waals surface area contributed by atoms with Crippen molar-refractivity contribution < 1.29 is 9.59 Å². The van der Waals surface area contributed by atoms with Crippen LogP contribution in [0.3, 0.4) is 0 Å². The van der Waals surface area contributed by atoms with Crippen molar-refractivity contribution in [2.45, 2.75) is 71.1 Å². The number of rotatable bonds is 4. The van der Waals surface area contributed by atoms with Gasteiger partial charge in [0.1, 0.15) is 0 Å². The number of amides is 2. The van der Waals surface area contributed by atoms with Crippen LogP contribution in [0.25, 0.3) is 0 Å². The topological polar surface area (TPSA) is 40.6 Å². The van der Waals surface area contributed by atoms with E-state index < -0.39 is 0 Å². The van der Waals surface area contributed by atoms with Crippen LogP contribution < -0.4 is 0 Å². The number of hydrogen-bond donors (Lipinski definition) is 0. The quantitative estimate of drug-likeness (QED) is 0.782. The molecule has 5 rings (SSSR count). The highest BCUT2D eigenvalue weighted by Gasteiger charge is 2.55. The standard InChI is InChI=1S/C21H34N2O2/c1-2-3-5-19(24)22-6-4-7-23(9-8-22)20(25)21-13-16-10-17(14-21)12-18(11-16)15-21/h16-18H,2-15H2,1H3. The number of unbranched alkanes of at least 4 members (excludes halogenated alkanes) is 1. The molecule has 0 aromatic heterocycles. The zero-order valence-corrected chi connectivity index (χ0v) is 15.8. The van der Waals surface area contributed by atoms with Crippen molar-refractivity contribution in [3.8, 4) is 0 Å². The lowest BCUT2D eigenvalue weighted by atomic mass is 9.49. The van der Waals surface area contributed by atoms with E-state index in [1.807, 2.05) is 4.90 Å². The Morgan fingerprint density at radius 1 is 0.880 bits per heavy atom. The summed E-state index contributed by atoms with van der Waals surface area (Å²) in [7, 11) is 0. The summed E-state index contributed by atoms with van der Waals surface area (Å²) >= 11 is 0. The van der Waals surface area contributed by atoms with E-state index in [-0.39, 0.29) is 11.3 Å². The largest absolute Gasteiger partial charge is 0.341 e. The second-order valence-electron chi connectivity index (χ2n) is 9.33. The summed E-state index contributed by atoms with van der Waals surface area (Å²) in [6.45, 7) is 5.28. The molecular weight excluding hydrogens is 312 g/mol. The van der Waals surface area contributed by atoms with E-state index in [1.165, 1.54) is 19.3 Å². The Labute approximate surface area is 152 Å². The Morgan fingerprint density at radius 2 is 1.44 bits per heavy atom. The van der Waals surface area contributed by atoms with Crippen molar-refractivity contribution in [2.24, 2.45) is 23.2 Å². The van der Waals surface area contributed by atoms with Gasteiger partial charge < -0.3 is 9.80 Å². The van der Waals surface area contributed by atoms with Gasteiger partial charge in [0.05, 0.1) is 5.41 Å². The highest BCUT2D eigenvalue weighted by Crippen LogP contribution is 2.60. The second kappa shape index (κ2) is 6.92. The highest BCUT2D eigenvalue weighted by molar-refractivity contribution is 5.83. The molecule has 4 saturated carbocycles. The van der Waals surface area contributed by atoms with E-state index in [9.17, 15) is 9.59 Å². The number of carbonyl (C=O) groups excluding carboxylic acids is 2. The van der Waals surface area contributed by atoms with Crippen LogP contribution in [0.5, 0.6) is 0 Å². The fraction of sp³-hybridized carbons (Fsp3) is 0.905. The van der Waals surface area contributed by atoms with Crippen LogP contribution in [-0.4, -0.2) is 47.8 Å². The molecule has 0 aromatic rings. The van der Waals surface area contributed by atoms with Crippen LogP contribution in [0.1, 0.15) is 71.1 Å². The molecule has 2 amide bonds. The van der Waals surface area contributed by atoms with Gasteiger partial charge >= 0.3 is 0 Å². The van der Waals surface area contributed by atoms with Crippen molar-refractivity contribution in [3.05, 3.63) is 0 Å². The maximum absolute atomic E-state index is 13.5. The maximum Gasteiger partial charge on any atom is 0.228 e. The van der Waals surface area contributed by atoms with E-state index in [2.05, 4.69) is 11.8 Å². The lowest BCUT2D eigenvalue weighted by Crippen LogP contribution is -2.55. The summed E-state index contributed by atoms with van der Waals surface area (Å²) in [5.41, 5.74) is -0.0316. The molecule has 0 radical (unpaired) electrons. The average molecular weight is 347 g/mol. The van der Waals surface area contributed by atoms with Gasteiger partial charge in [-0.3, -0.25) is 9.59 Å². The Morgan fingerprint density at radius 3 is 2.04 bits per heavy atom. The Kier molecular flexibility index (Phi) is 4.81. The summed E-state index contributed by atoms with van der Waals surface area (Å²) in [5.74, 6) is 3.17. The monoisotopic (exact) mass is 346 g/mol. The molecule has 25 heavy (non-hydrogen) atoms. The van der Waals surface area contributed by atoms with Crippen LogP contribution >= 0.6 is 0 Å². The molecule has 5 fully saturated rings. The van der Waals surface area contributed by atoms with Gasteiger partial charge in [0.25, 0.3) is 0 Å². The van der Waals surface area contributed by atoms with E-state index >= 15 is 0 Å². The van der Waals surface area contributed by atoms with Crippen LogP contribution in [0.2, 0.25) is 0 Å². The molecular formula is C21H34N2O2. The SMILES string of the molecule is CCCCC(=O)N1CCCN(C(=O)C23CC4CC(CC(C4)C2)C3)CC1. The van der Waals surface area contributed by atoms with Crippen LogP contribution in [-0.2, 0) is 9.59 Å². The molecule has 4 nitrogen and oxygen atoms in total. The highest BCUT2D eigenvalue weighted by atomic mass is 16.2. The van der Waals surface area contributed by atoms with Gasteiger partial charge in [0, 0.05) is 32.6 Å². The van der Waals surface area contributed by atoms with Crippen molar-refractivity contribution in [1.82, 2.24) is 9.80 Å². The van der Waals surface area contributed by atoms with Crippen molar-refractivity contribution in [3.63, 3.8) is 0 Å². The van der Waals surface area contributed by atoms with E-state index in [4.69, 9.17) is 0 Å². The molecule has 1 heterocycles. The second-order valence-corrected chi connectivity index (χ2v) is 9.33. The molecule has 0 unspecified atom stereocenters. The minimum Gasteiger partial charge on any atom is -0.341 e. The summed E-state index contributed by atoms with van der Waals surface area (Å²) < 4.78 is 0. The smallest absolute Gasteiger partial charge is 0.228 e. The molecule has 0 N–H and O–H groups in total. The molecule has 1 saturated heterocycles. The zero-order valence-electron chi connectivity index (χ0n) is 15.8. The molecule has 4 bridgehead atoms. The molecule has 0 atom stereocenters. The van der Waals surface area contributed by atoms with Gasteiger partial charge in [-0.1, -0.05) is 13.3 Å². The van der Waals surface area contributed by atoms with E-state index in [1.54, 1.807) is 0 Å². The minimum absolute atomic E-state index is 0.0316. The van der Waals surface area contributed by atoms with E-state index in [0.29, 0.717) is 12.3 Å². The zero-order chi connectivity index (χ0) is 17.4. The number of hydrogen-bond acceptors (Lipinski definition) is 2. The first kappa shape index (κ1) is 17.4. The van der Waals surface area contributed by atoms with Crippen LogP contribution in [0, 0.1) is 23.2 Å². The van der Waals surface area contributed by atoms with Gasteiger partial charge in [-0.05, 0) is 69.1 Å². The summed E-state index contributed by atoms with van der Waals surface area (Å²) in [4.78, 5) is 29.9. The predicted molar refractivity (Wildman–Crippen MR) is 97.9 cm³/mol. The maximum atomic E-state index is 13.5. The Bertz CT molecular complexity index is 495. The third-order valence-corrected chi connectivity index (χ3v) is 7.37. The van der Waals surface area contributed by atoms with Crippen LogP contribution in [0.15, 0.2) is 0 Å². The van der Waals surface area contributed by atoms with Gasteiger partial charge in [0.2, 0.25) is 11.8 Å². The fourth-order valence-electron chi connectivity index (χ4n) is 6.56. The molecule has 5 aliphatic rings. The third kappa shape index (κ3) is 3.33. The van der Waals surface area contributed by atoms with E-state index in [0.717, 1.165) is 82.5 Å². The van der Waals surface area contributed by atoms with Crippen molar-refractivity contribution in [1.29, 1.82) is 0 Å². The molecule has 140 valence electrons. The normalized spacial score (nSPS) is 37.2. The third-order valence-electron chi connectivity index (χ3n) is 7.37. The lowest BCUT2D eigenvalue weighted by molar-refractivity contribution is -0.157. The van der Waals surface area contributed by atoms with Crippen molar-refractivity contribution >= 4 is 11.8 Å². The first-order valence-corrected chi connectivity index (χ1v) is 10.7. The minimum atomic E-state index is -0.0316. The molecule has 4 aliphatic carbocycles. The molecule has 1 aliphatic heterocycles. The fourth-order valence-corrected chi connectivity index (χ4v) is 6.56. The van der Waals surface area contributed by atoms with Gasteiger partial charge in [-0.15, -0.1) is 0 Å². The van der Waals surface area contributed by atoms with Gasteiger partial charge in [-0.25, -0.2) is 0 Å². The number of carbonyl (C=O) groups is 2. The first-order chi connectivity index (χ1) is 12.1. The van der Waals surface area contributed by atoms with Crippen molar-refractivity contribution in [2.75, 3.05) is 26.2 Å². The lowest BCUT2D eigenvalue weighted by Gasteiger charge is -2.56. The number of nitrogens with zero attached hydrogens (tertiary/aromatic N) is 2. The summed E-state index contributed by atoms with van der Waals surface area (Å²) in [5, 5.41) is 0. The summed E-state index contributed by atoms with van der Waals surface area (Å²) in [6.07, 6.45) is 11.2.